The second kappa shape index (κ2) is 7.45. The Labute approximate surface area is 149 Å². The van der Waals surface area contributed by atoms with Crippen molar-refractivity contribution in [2.45, 2.75) is 31.2 Å². The summed E-state index contributed by atoms with van der Waals surface area (Å²) >= 11 is 0. The molecular weight excluding hydrogens is 338 g/mol. The summed E-state index contributed by atoms with van der Waals surface area (Å²) in [7, 11) is -3.67. The molecule has 0 bridgehead atoms. The van der Waals surface area contributed by atoms with Crippen molar-refractivity contribution in [3.8, 4) is 11.5 Å². The van der Waals surface area contributed by atoms with E-state index in [9.17, 15) is 8.42 Å². The number of hydrogen-bond donors (Lipinski definition) is 1. The van der Waals surface area contributed by atoms with Crippen LogP contribution >= 0.6 is 0 Å². The molecule has 134 valence electrons. The molecule has 0 amide bonds. The van der Waals surface area contributed by atoms with Gasteiger partial charge in [0.25, 0.3) is 0 Å². The fraction of sp³-hybridized carbons (Fsp3) is 0.368. The molecule has 0 fully saturated rings. The Kier molecular flexibility index (Phi) is 5.30. The highest BCUT2D eigenvalue weighted by Crippen LogP contribution is 2.33. The molecule has 25 heavy (non-hydrogen) atoms. The van der Waals surface area contributed by atoms with Crippen molar-refractivity contribution < 1.29 is 17.9 Å². The number of nitrogens with one attached hydrogen (secondary N) is 1. The molecule has 0 aliphatic carbocycles. The first-order chi connectivity index (χ1) is 12.0. The molecular formula is C19H23NO4S. The lowest BCUT2D eigenvalue weighted by atomic mass is 9.98. The van der Waals surface area contributed by atoms with E-state index in [1.807, 2.05) is 30.3 Å². The number of fused-ring (bicyclic) bond motifs is 1. The van der Waals surface area contributed by atoms with E-state index in [4.69, 9.17) is 9.47 Å². The summed E-state index contributed by atoms with van der Waals surface area (Å²) in [6.45, 7) is 5.05. The van der Waals surface area contributed by atoms with Crippen molar-refractivity contribution in [3.05, 3.63) is 54.1 Å². The van der Waals surface area contributed by atoms with Gasteiger partial charge < -0.3 is 9.47 Å². The second-order valence-electron chi connectivity index (χ2n) is 6.52. The largest absolute Gasteiger partial charge is 0.486 e. The van der Waals surface area contributed by atoms with Gasteiger partial charge in [0.15, 0.2) is 11.5 Å². The third-order valence-electron chi connectivity index (χ3n) is 4.03. The van der Waals surface area contributed by atoms with Crippen molar-refractivity contribution in [1.29, 1.82) is 0 Å². The minimum absolute atomic E-state index is 0.182. The van der Waals surface area contributed by atoms with Gasteiger partial charge in [-0.2, -0.15) is 0 Å². The summed E-state index contributed by atoms with van der Waals surface area (Å²) in [6, 6.07) is 14.1. The zero-order valence-electron chi connectivity index (χ0n) is 14.4. The third kappa shape index (κ3) is 4.32. The highest BCUT2D eigenvalue weighted by molar-refractivity contribution is 7.89. The number of benzene rings is 2. The lowest BCUT2D eigenvalue weighted by molar-refractivity contribution is 0.171. The van der Waals surface area contributed by atoms with Gasteiger partial charge in [-0.05, 0) is 30.0 Å². The molecule has 0 spiro atoms. The van der Waals surface area contributed by atoms with E-state index in [1.165, 1.54) is 6.07 Å². The quantitative estimate of drug-likeness (QED) is 0.855. The van der Waals surface area contributed by atoms with Crippen LogP contribution in [0.1, 0.15) is 31.9 Å². The number of ether oxygens (including phenoxy) is 2. The monoisotopic (exact) mass is 361 g/mol. The van der Waals surface area contributed by atoms with E-state index in [0.29, 0.717) is 37.1 Å². The van der Waals surface area contributed by atoms with E-state index in [2.05, 4.69) is 18.6 Å². The first-order valence-electron chi connectivity index (χ1n) is 8.42. The first kappa shape index (κ1) is 17.8. The Hall–Kier alpha value is -2.05. The topological polar surface area (TPSA) is 64.6 Å². The summed E-state index contributed by atoms with van der Waals surface area (Å²) in [6.07, 6.45) is 0.716. The number of rotatable bonds is 6. The number of hydrogen-bond acceptors (Lipinski definition) is 4. The average Bonchev–Trinajstić information content (AvgIpc) is 2.61. The lowest BCUT2D eigenvalue weighted by Gasteiger charge is -2.22. The Morgan fingerprint density at radius 2 is 1.68 bits per heavy atom. The predicted octanol–water partition coefficient (Wildman–Crippen LogP) is 3.52. The van der Waals surface area contributed by atoms with Gasteiger partial charge in [-0.1, -0.05) is 44.2 Å². The molecule has 2 aromatic carbocycles. The van der Waals surface area contributed by atoms with E-state index in [0.717, 1.165) is 5.56 Å². The standard InChI is InChI=1S/C19H23NO4S/c1-14(2)12-17(15-6-4-3-5-7-15)20-25(21,22)16-8-9-18-19(13-16)24-11-10-23-18/h3-9,13-14,17,20H,10-12H2,1-2H3/t17-/m0/s1. The van der Waals surface area contributed by atoms with Gasteiger partial charge in [0.05, 0.1) is 4.90 Å². The Morgan fingerprint density at radius 1 is 1.00 bits per heavy atom. The number of sulfonamides is 1. The smallest absolute Gasteiger partial charge is 0.241 e. The Balaban J connectivity index is 1.87. The van der Waals surface area contributed by atoms with E-state index >= 15 is 0 Å². The summed E-state index contributed by atoms with van der Waals surface area (Å²) in [5.41, 5.74) is 0.956. The molecule has 0 saturated heterocycles. The van der Waals surface area contributed by atoms with Crippen LogP contribution in [0.15, 0.2) is 53.4 Å². The van der Waals surface area contributed by atoms with Crippen molar-refractivity contribution in [3.63, 3.8) is 0 Å². The second-order valence-corrected chi connectivity index (χ2v) is 8.23. The molecule has 1 aliphatic heterocycles. The van der Waals surface area contributed by atoms with Crippen LogP contribution in [0.4, 0.5) is 0 Å². The highest BCUT2D eigenvalue weighted by atomic mass is 32.2. The predicted molar refractivity (Wildman–Crippen MR) is 96.4 cm³/mol. The van der Waals surface area contributed by atoms with Crippen molar-refractivity contribution in [2.75, 3.05) is 13.2 Å². The van der Waals surface area contributed by atoms with E-state index in [1.54, 1.807) is 12.1 Å². The van der Waals surface area contributed by atoms with Crippen LogP contribution in [-0.4, -0.2) is 21.6 Å². The van der Waals surface area contributed by atoms with Gasteiger partial charge in [-0.3, -0.25) is 0 Å². The van der Waals surface area contributed by atoms with Crippen molar-refractivity contribution in [2.24, 2.45) is 5.92 Å². The molecule has 1 aliphatic rings. The fourth-order valence-electron chi connectivity index (χ4n) is 2.86. The van der Waals surface area contributed by atoms with Gasteiger partial charge in [-0.15, -0.1) is 0 Å². The van der Waals surface area contributed by atoms with Crippen LogP contribution < -0.4 is 14.2 Å². The van der Waals surface area contributed by atoms with Crippen LogP contribution in [0, 0.1) is 5.92 Å². The van der Waals surface area contributed by atoms with Crippen LogP contribution in [0.25, 0.3) is 0 Å². The van der Waals surface area contributed by atoms with Crippen molar-refractivity contribution in [1.82, 2.24) is 4.72 Å². The normalized spacial score (nSPS) is 15.2. The van der Waals surface area contributed by atoms with E-state index in [-0.39, 0.29) is 10.9 Å². The van der Waals surface area contributed by atoms with Gasteiger partial charge >= 0.3 is 0 Å². The van der Waals surface area contributed by atoms with Gasteiger partial charge in [0.1, 0.15) is 13.2 Å². The fourth-order valence-corrected chi connectivity index (χ4v) is 4.11. The highest BCUT2D eigenvalue weighted by Gasteiger charge is 2.24. The molecule has 5 nitrogen and oxygen atoms in total. The molecule has 1 heterocycles. The Bertz CT molecular complexity index is 819. The van der Waals surface area contributed by atoms with Gasteiger partial charge in [0, 0.05) is 12.1 Å². The maximum Gasteiger partial charge on any atom is 0.241 e. The molecule has 1 N–H and O–H groups in total. The molecule has 2 aromatic rings. The van der Waals surface area contributed by atoms with Crippen LogP contribution in [0.5, 0.6) is 11.5 Å². The molecule has 6 heteroatoms. The van der Waals surface area contributed by atoms with Crippen molar-refractivity contribution >= 4 is 10.0 Å². The minimum atomic E-state index is -3.67. The van der Waals surface area contributed by atoms with E-state index < -0.39 is 10.0 Å². The maximum atomic E-state index is 12.9. The lowest BCUT2D eigenvalue weighted by Crippen LogP contribution is -2.29. The summed E-state index contributed by atoms with van der Waals surface area (Å²) in [4.78, 5) is 0.182. The molecule has 3 rings (SSSR count). The molecule has 1 atom stereocenters. The average molecular weight is 361 g/mol. The van der Waals surface area contributed by atoms with Crippen LogP contribution in [-0.2, 0) is 10.0 Å². The first-order valence-corrected chi connectivity index (χ1v) is 9.91. The third-order valence-corrected chi connectivity index (χ3v) is 5.50. The molecule has 0 radical (unpaired) electrons. The minimum Gasteiger partial charge on any atom is -0.486 e. The summed E-state index contributed by atoms with van der Waals surface area (Å²) in [5, 5.41) is 0. The SMILES string of the molecule is CC(C)C[C@H](NS(=O)(=O)c1ccc2c(c1)OCCO2)c1ccccc1. The molecule has 0 unspecified atom stereocenters. The summed E-state index contributed by atoms with van der Waals surface area (Å²) < 4.78 is 39.5. The zero-order valence-corrected chi connectivity index (χ0v) is 15.3. The maximum absolute atomic E-state index is 12.9. The zero-order chi connectivity index (χ0) is 17.9. The van der Waals surface area contributed by atoms with Crippen LogP contribution in [0.3, 0.4) is 0 Å². The summed E-state index contributed by atoms with van der Waals surface area (Å²) in [5.74, 6) is 1.40. The van der Waals surface area contributed by atoms with Gasteiger partial charge in [0.2, 0.25) is 10.0 Å². The molecule has 0 saturated carbocycles. The van der Waals surface area contributed by atoms with Gasteiger partial charge in [-0.25, -0.2) is 13.1 Å². The molecule has 0 aromatic heterocycles. The van der Waals surface area contributed by atoms with Crippen LogP contribution in [0.2, 0.25) is 0 Å². The Morgan fingerprint density at radius 3 is 2.36 bits per heavy atom.